The van der Waals surface area contributed by atoms with Crippen LogP contribution in [0.5, 0.6) is 0 Å². The van der Waals surface area contributed by atoms with Gasteiger partial charge >= 0.3 is 0 Å². The van der Waals surface area contributed by atoms with Crippen molar-refractivity contribution in [1.82, 2.24) is 14.8 Å². The predicted octanol–water partition coefficient (Wildman–Crippen LogP) is 4.77. The number of thioether (sulfide) groups is 1. The van der Waals surface area contributed by atoms with Gasteiger partial charge in [-0.25, -0.2) is 0 Å². The van der Waals surface area contributed by atoms with E-state index >= 15 is 0 Å². The van der Waals surface area contributed by atoms with Crippen molar-refractivity contribution in [3.63, 3.8) is 0 Å². The lowest BCUT2D eigenvalue weighted by molar-refractivity contribution is 0.102. The lowest BCUT2D eigenvalue weighted by Crippen LogP contribution is -2.07. The van der Waals surface area contributed by atoms with Crippen LogP contribution in [0.2, 0.25) is 0 Å². The lowest BCUT2D eigenvalue weighted by Gasteiger charge is -2.09. The van der Waals surface area contributed by atoms with Gasteiger partial charge in [-0.3, -0.25) is 4.79 Å². The molecular weight excluding hydrogens is 374 g/mol. The Balaban J connectivity index is 1.44. The fourth-order valence-electron chi connectivity index (χ4n) is 3.07. The first-order chi connectivity index (χ1) is 13.6. The SMILES string of the molecule is Cc1cc(C(=O)CSc2nnc(-c3ccco3)o2)c(C)n1Cc1ccccc1. The summed E-state index contributed by atoms with van der Waals surface area (Å²) in [6.07, 6.45) is 1.54. The quantitative estimate of drug-likeness (QED) is 0.333. The first-order valence-electron chi connectivity index (χ1n) is 8.86. The van der Waals surface area contributed by atoms with Gasteiger partial charge in [0.1, 0.15) is 0 Å². The Bertz CT molecular complexity index is 1080. The third-order valence-electron chi connectivity index (χ3n) is 4.52. The van der Waals surface area contributed by atoms with Gasteiger partial charge in [-0.1, -0.05) is 42.1 Å². The first kappa shape index (κ1) is 18.3. The summed E-state index contributed by atoms with van der Waals surface area (Å²) in [6.45, 7) is 4.75. The van der Waals surface area contributed by atoms with Crippen molar-refractivity contribution in [3.05, 3.63) is 77.3 Å². The zero-order valence-corrected chi connectivity index (χ0v) is 16.4. The van der Waals surface area contributed by atoms with E-state index < -0.39 is 0 Å². The summed E-state index contributed by atoms with van der Waals surface area (Å²) >= 11 is 1.23. The molecule has 7 heteroatoms. The third-order valence-corrected chi connectivity index (χ3v) is 5.34. The van der Waals surface area contributed by atoms with Crippen LogP contribution in [0.25, 0.3) is 11.7 Å². The van der Waals surface area contributed by atoms with Crippen molar-refractivity contribution in [3.8, 4) is 11.7 Å². The minimum absolute atomic E-state index is 0.0372. The molecule has 28 heavy (non-hydrogen) atoms. The summed E-state index contributed by atoms with van der Waals surface area (Å²) in [5.74, 6) is 1.08. The highest BCUT2D eigenvalue weighted by atomic mass is 32.2. The Morgan fingerprint density at radius 1 is 1.11 bits per heavy atom. The molecule has 0 aliphatic heterocycles. The third kappa shape index (κ3) is 3.80. The van der Waals surface area contributed by atoms with Crippen LogP contribution in [-0.4, -0.2) is 26.3 Å². The van der Waals surface area contributed by atoms with Gasteiger partial charge in [-0.15, -0.1) is 10.2 Å². The van der Waals surface area contributed by atoms with Crippen LogP contribution in [0.1, 0.15) is 27.3 Å². The summed E-state index contributed by atoms with van der Waals surface area (Å²) in [5, 5.41) is 8.26. The summed E-state index contributed by atoms with van der Waals surface area (Å²) in [4.78, 5) is 12.7. The number of furan rings is 1. The minimum atomic E-state index is 0.0372. The lowest BCUT2D eigenvalue weighted by atomic mass is 10.2. The molecule has 0 fully saturated rings. The van der Waals surface area contributed by atoms with E-state index in [1.54, 1.807) is 18.4 Å². The van der Waals surface area contributed by atoms with Gasteiger partial charge in [0, 0.05) is 23.5 Å². The molecular formula is C21H19N3O3S. The van der Waals surface area contributed by atoms with Gasteiger partial charge in [-0.05, 0) is 37.6 Å². The fourth-order valence-corrected chi connectivity index (χ4v) is 3.71. The number of benzene rings is 1. The number of ketones is 1. The molecule has 0 radical (unpaired) electrons. The second-order valence-corrected chi connectivity index (χ2v) is 7.35. The van der Waals surface area contributed by atoms with Crippen molar-refractivity contribution in [1.29, 1.82) is 0 Å². The van der Waals surface area contributed by atoms with Crippen LogP contribution in [0.15, 0.2) is 68.9 Å². The molecule has 0 unspecified atom stereocenters. The summed E-state index contributed by atoms with van der Waals surface area (Å²) < 4.78 is 12.9. The molecule has 0 aliphatic rings. The highest BCUT2D eigenvalue weighted by molar-refractivity contribution is 7.99. The topological polar surface area (TPSA) is 74.1 Å². The molecule has 4 aromatic rings. The summed E-state index contributed by atoms with van der Waals surface area (Å²) in [7, 11) is 0. The monoisotopic (exact) mass is 393 g/mol. The molecule has 0 saturated carbocycles. The second-order valence-electron chi connectivity index (χ2n) is 6.42. The normalized spacial score (nSPS) is 11.1. The number of carbonyl (C=O) groups excluding carboxylic acids is 1. The standard InChI is InChI=1S/C21H19N3O3S/c1-14-11-17(15(2)24(14)12-16-7-4-3-5-8-16)18(25)13-28-21-23-22-20(27-21)19-9-6-10-26-19/h3-11H,12-13H2,1-2H3. The Hall–Kier alpha value is -3.06. The van der Waals surface area contributed by atoms with Gasteiger partial charge in [0.2, 0.25) is 0 Å². The molecule has 0 atom stereocenters. The van der Waals surface area contributed by atoms with E-state index in [1.807, 2.05) is 38.1 Å². The highest BCUT2D eigenvalue weighted by Crippen LogP contribution is 2.25. The number of hydrogen-bond donors (Lipinski definition) is 0. The number of rotatable bonds is 7. The van der Waals surface area contributed by atoms with Gasteiger partial charge in [0.25, 0.3) is 11.1 Å². The van der Waals surface area contributed by atoms with Crippen LogP contribution < -0.4 is 0 Å². The van der Waals surface area contributed by atoms with E-state index in [9.17, 15) is 4.79 Å². The second kappa shape index (κ2) is 7.90. The number of aromatic nitrogens is 3. The van der Waals surface area contributed by atoms with Crippen LogP contribution in [0.3, 0.4) is 0 Å². The first-order valence-corrected chi connectivity index (χ1v) is 9.84. The zero-order valence-electron chi connectivity index (χ0n) is 15.6. The van der Waals surface area contributed by atoms with Gasteiger partial charge in [-0.2, -0.15) is 0 Å². The molecule has 0 amide bonds. The highest BCUT2D eigenvalue weighted by Gasteiger charge is 2.18. The maximum Gasteiger partial charge on any atom is 0.284 e. The predicted molar refractivity (Wildman–Crippen MR) is 107 cm³/mol. The molecule has 0 saturated heterocycles. The smallest absolute Gasteiger partial charge is 0.284 e. The Morgan fingerprint density at radius 3 is 2.68 bits per heavy atom. The fraction of sp³-hybridized carbons (Fsp3) is 0.190. The Labute approximate surface area is 166 Å². The molecule has 3 aromatic heterocycles. The maximum absolute atomic E-state index is 12.7. The average Bonchev–Trinajstić information content (AvgIpc) is 3.44. The van der Waals surface area contributed by atoms with Crippen LogP contribution >= 0.6 is 11.8 Å². The summed E-state index contributed by atoms with van der Waals surface area (Å²) in [6, 6.07) is 15.7. The van der Waals surface area contributed by atoms with Crippen LogP contribution in [0.4, 0.5) is 0 Å². The molecule has 0 aliphatic carbocycles. The van der Waals surface area contributed by atoms with Crippen molar-refractivity contribution in [2.24, 2.45) is 0 Å². The van der Waals surface area contributed by atoms with Crippen molar-refractivity contribution in [2.75, 3.05) is 5.75 Å². The molecule has 6 nitrogen and oxygen atoms in total. The number of Topliss-reactive ketones (excluding diaryl/α,β-unsaturated/α-hetero) is 1. The summed E-state index contributed by atoms with van der Waals surface area (Å²) in [5.41, 5.74) is 3.96. The minimum Gasteiger partial charge on any atom is -0.459 e. The van der Waals surface area contributed by atoms with E-state index in [1.165, 1.54) is 17.3 Å². The molecule has 3 heterocycles. The molecule has 0 spiro atoms. The van der Waals surface area contributed by atoms with Gasteiger partial charge in [0.05, 0.1) is 12.0 Å². The van der Waals surface area contributed by atoms with Crippen LogP contribution in [0, 0.1) is 13.8 Å². The van der Waals surface area contributed by atoms with Gasteiger partial charge in [0.15, 0.2) is 11.5 Å². The number of carbonyl (C=O) groups is 1. The van der Waals surface area contributed by atoms with E-state index in [0.29, 0.717) is 16.9 Å². The maximum atomic E-state index is 12.7. The van der Waals surface area contributed by atoms with Crippen LogP contribution in [-0.2, 0) is 6.54 Å². The number of nitrogens with zero attached hydrogens (tertiary/aromatic N) is 3. The Morgan fingerprint density at radius 2 is 1.93 bits per heavy atom. The number of hydrogen-bond acceptors (Lipinski definition) is 6. The van der Waals surface area contributed by atoms with E-state index in [2.05, 4.69) is 26.9 Å². The average molecular weight is 393 g/mol. The van der Waals surface area contributed by atoms with E-state index in [4.69, 9.17) is 8.83 Å². The number of aryl methyl sites for hydroxylation is 1. The van der Waals surface area contributed by atoms with E-state index in [0.717, 1.165) is 23.5 Å². The van der Waals surface area contributed by atoms with Gasteiger partial charge < -0.3 is 13.4 Å². The largest absolute Gasteiger partial charge is 0.459 e. The Kier molecular flexibility index (Phi) is 5.16. The van der Waals surface area contributed by atoms with Crippen molar-refractivity contribution < 1.29 is 13.6 Å². The zero-order chi connectivity index (χ0) is 19.5. The molecule has 1 aromatic carbocycles. The van der Waals surface area contributed by atoms with E-state index in [-0.39, 0.29) is 11.5 Å². The van der Waals surface area contributed by atoms with Crippen molar-refractivity contribution >= 4 is 17.5 Å². The molecule has 0 N–H and O–H groups in total. The molecule has 142 valence electrons. The molecule has 4 rings (SSSR count). The van der Waals surface area contributed by atoms with Crippen molar-refractivity contribution in [2.45, 2.75) is 25.6 Å². The molecule has 0 bridgehead atoms.